The third-order valence-electron chi connectivity index (χ3n) is 3.92. The van der Waals surface area contributed by atoms with Crippen LogP contribution in [0.15, 0.2) is 42.5 Å². The summed E-state index contributed by atoms with van der Waals surface area (Å²) in [5.41, 5.74) is 2.28. The number of nitrogens with zero attached hydrogens (tertiary/aromatic N) is 1. The molecule has 0 spiro atoms. The smallest absolute Gasteiger partial charge is 0.269 e. The van der Waals surface area contributed by atoms with Crippen LogP contribution >= 0.6 is 0 Å². The molecule has 0 saturated carbocycles. The number of likely N-dealkylation sites (N-methyl/N-ethyl adjacent to an activating group) is 1. The largest absolute Gasteiger partial charge is 0.493 e. The number of non-ortho nitro benzene ring substituents is 1. The molecular formula is C18H23N2O4+. The summed E-state index contributed by atoms with van der Waals surface area (Å²) in [6.45, 7) is 1.66. The van der Waals surface area contributed by atoms with E-state index >= 15 is 0 Å². The third kappa shape index (κ3) is 4.70. The number of nitrogens with one attached hydrogen (secondary N) is 1. The highest BCUT2D eigenvalue weighted by Gasteiger charge is 2.10. The van der Waals surface area contributed by atoms with Crippen LogP contribution in [0.5, 0.6) is 11.5 Å². The van der Waals surface area contributed by atoms with Crippen molar-refractivity contribution in [2.75, 3.05) is 27.8 Å². The Kier molecular flexibility index (Phi) is 6.14. The number of ether oxygens (including phenoxy) is 2. The number of benzene rings is 2. The van der Waals surface area contributed by atoms with Crippen molar-refractivity contribution in [3.63, 3.8) is 0 Å². The zero-order valence-electron chi connectivity index (χ0n) is 14.2. The van der Waals surface area contributed by atoms with E-state index in [0.29, 0.717) is 0 Å². The van der Waals surface area contributed by atoms with E-state index in [-0.39, 0.29) is 10.6 Å². The molecule has 2 aromatic carbocycles. The van der Waals surface area contributed by atoms with Crippen LogP contribution in [-0.4, -0.2) is 32.7 Å². The Balaban J connectivity index is 1.94. The fourth-order valence-corrected chi connectivity index (χ4v) is 2.61. The predicted octanol–water partition coefficient (Wildman–Crippen LogP) is 1.87. The maximum absolute atomic E-state index is 10.8. The lowest BCUT2D eigenvalue weighted by atomic mass is 10.1. The molecule has 0 bridgehead atoms. The van der Waals surface area contributed by atoms with Gasteiger partial charge < -0.3 is 14.4 Å². The predicted molar refractivity (Wildman–Crippen MR) is 91.8 cm³/mol. The Morgan fingerprint density at radius 3 is 2.46 bits per heavy atom. The molecule has 0 saturated heterocycles. The first kappa shape index (κ1) is 17.7. The fraction of sp³-hybridized carbons (Fsp3) is 0.333. The van der Waals surface area contributed by atoms with Gasteiger partial charge in [-0.15, -0.1) is 0 Å². The maximum Gasteiger partial charge on any atom is 0.269 e. The van der Waals surface area contributed by atoms with Gasteiger partial charge in [0.2, 0.25) is 0 Å². The Bertz CT molecular complexity index is 703. The van der Waals surface area contributed by atoms with E-state index in [1.54, 1.807) is 26.4 Å². The summed E-state index contributed by atoms with van der Waals surface area (Å²) in [6, 6.07) is 12.7. The third-order valence-corrected chi connectivity index (χ3v) is 3.92. The minimum atomic E-state index is -0.359. The van der Waals surface area contributed by atoms with Crippen LogP contribution in [0.4, 0.5) is 5.69 Å². The van der Waals surface area contributed by atoms with E-state index < -0.39 is 0 Å². The summed E-state index contributed by atoms with van der Waals surface area (Å²) in [5, 5.41) is 10.8. The highest BCUT2D eigenvalue weighted by atomic mass is 16.6. The second kappa shape index (κ2) is 8.31. The molecule has 24 heavy (non-hydrogen) atoms. The molecule has 0 aliphatic heterocycles. The standard InChI is InChI=1S/C18H22N2O4/c1-19(13-15-5-4-6-16(11-15)20(21)22)10-9-14-7-8-17(23-2)18(12-14)24-3/h4-8,11-12H,9-10,13H2,1-3H3/p+1. The second-order valence-corrected chi connectivity index (χ2v) is 5.75. The second-order valence-electron chi connectivity index (χ2n) is 5.75. The van der Waals surface area contributed by atoms with Gasteiger partial charge in [-0.2, -0.15) is 0 Å². The summed E-state index contributed by atoms with van der Waals surface area (Å²) in [6.07, 6.45) is 0.890. The quantitative estimate of drug-likeness (QED) is 0.592. The number of nitro groups is 1. The maximum atomic E-state index is 10.8. The van der Waals surface area contributed by atoms with E-state index in [4.69, 9.17) is 9.47 Å². The molecule has 0 fully saturated rings. The highest BCUT2D eigenvalue weighted by molar-refractivity contribution is 5.42. The summed E-state index contributed by atoms with van der Waals surface area (Å²) in [7, 11) is 5.33. The topological polar surface area (TPSA) is 66.0 Å². The zero-order chi connectivity index (χ0) is 17.5. The molecule has 128 valence electrons. The van der Waals surface area contributed by atoms with Crippen molar-refractivity contribution < 1.29 is 19.3 Å². The normalized spacial score (nSPS) is 11.8. The molecular weight excluding hydrogens is 308 g/mol. The first-order valence-electron chi connectivity index (χ1n) is 7.79. The molecule has 2 rings (SSSR count). The van der Waals surface area contributed by atoms with Crippen molar-refractivity contribution in [1.82, 2.24) is 0 Å². The lowest BCUT2D eigenvalue weighted by molar-refractivity contribution is -0.893. The molecule has 1 unspecified atom stereocenters. The van der Waals surface area contributed by atoms with Crippen molar-refractivity contribution in [3.8, 4) is 11.5 Å². The Labute approximate surface area is 141 Å². The van der Waals surface area contributed by atoms with Gasteiger partial charge in [0.25, 0.3) is 5.69 Å². The molecule has 6 nitrogen and oxygen atoms in total. The molecule has 0 aliphatic carbocycles. The molecule has 0 radical (unpaired) electrons. The highest BCUT2D eigenvalue weighted by Crippen LogP contribution is 2.27. The van der Waals surface area contributed by atoms with Gasteiger partial charge in [-0.3, -0.25) is 10.1 Å². The van der Waals surface area contributed by atoms with Gasteiger partial charge in [-0.25, -0.2) is 0 Å². The minimum absolute atomic E-state index is 0.139. The van der Waals surface area contributed by atoms with Gasteiger partial charge in [0.15, 0.2) is 11.5 Å². The average molecular weight is 331 g/mol. The van der Waals surface area contributed by atoms with Gasteiger partial charge in [0.05, 0.1) is 32.7 Å². The summed E-state index contributed by atoms with van der Waals surface area (Å²) >= 11 is 0. The van der Waals surface area contributed by atoms with Gasteiger partial charge in [-0.05, 0) is 17.7 Å². The lowest BCUT2D eigenvalue weighted by Crippen LogP contribution is -3.07. The molecule has 1 N–H and O–H groups in total. The van der Waals surface area contributed by atoms with Crippen LogP contribution in [0.1, 0.15) is 11.1 Å². The number of quaternary nitrogens is 1. The minimum Gasteiger partial charge on any atom is -0.493 e. The van der Waals surface area contributed by atoms with Crippen LogP contribution in [0.3, 0.4) is 0 Å². The van der Waals surface area contributed by atoms with E-state index in [0.717, 1.165) is 36.6 Å². The SMILES string of the molecule is COc1ccc(CC[NH+](C)Cc2cccc([N+](=O)[O-])c2)cc1OC. The van der Waals surface area contributed by atoms with Crippen LogP contribution in [0, 0.1) is 10.1 Å². The fourth-order valence-electron chi connectivity index (χ4n) is 2.61. The molecule has 0 aliphatic rings. The summed E-state index contributed by atoms with van der Waals surface area (Å²) in [5.74, 6) is 1.45. The average Bonchev–Trinajstić information content (AvgIpc) is 2.59. The van der Waals surface area contributed by atoms with Gasteiger partial charge in [-0.1, -0.05) is 18.2 Å². The number of hydrogen-bond acceptors (Lipinski definition) is 4. The molecule has 0 heterocycles. The van der Waals surface area contributed by atoms with Crippen LogP contribution in [0.2, 0.25) is 0 Å². The molecule has 6 heteroatoms. The molecule has 0 amide bonds. The zero-order valence-corrected chi connectivity index (χ0v) is 14.2. The Hall–Kier alpha value is -2.60. The van der Waals surface area contributed by atoms with Gasteiger partial charge in [0, 0.05) is 24.1 Å². The van der Waals surface area contributed by atoms with Crippen LogP contribution in [0.25, 0.3) is 0 Å². The van der Waals surface area contributed by atoms with Gasteiger partial charge in [0.1, 0.15) is 6.54 Å². The van der Waals surface area contributed by atoms with Crippen LogP contribution in [-0.2, 0) is 13.0 Å². The van der Waals surface area contributed by atoms with E-state index in [9.17, 15) is 10.1 Å². The van der Waals surface area contributed by atoms with Crippen LogP contribution < -0.4 is 14.4 Å². The van der Waals surface area contributed by atoms with Crippen molar-refractivity contribution in [2.45, 2.75) is 13.0 Å². The van der Waals surface area contributed by atoms with Crippen molar-refractivity contribution in [3.05, 3.63) is 63.7 Å². The molecule has 1 atom stereocenters. The number of methoxy groups -OCH3 is 2. The van der Waals surface area contributed by atoms with E-state index in [1.807, 2.05) is 24.3 Å². The van der Waals surface area contributed by atoms with E-state index in [1.165, 1.54) is 16.5 Å². The van der Waals surface area contributed by atoms with Crippen molar-refractivity contribution >= 4 is 5.69 Å². The number of hydrogen-bond donors (Lipinski definition) is 1. The molecule has 0 aromatic heterocycles. The Morgan fingerprint density at radius 2 is 1.79 bits per heavy atom. The summed E-state index contributed by atoms with van der Waals surface area (Å²) in [4.78, 5) is 11.8. The van der Waals surface area contributed by atoms with Gasteiger partial charge >= 0.3 is 0 Å². The summed E-state index contributed by atoms with van der Waals surface area (Å²) < 4.78 is 10.6. The molecule has 2 aromatic rings. The first-order chi connectivity index (χ1) is 11.5. The first-order valence-corrected chi connectivity index (χ1v) is 7.79. The Morgan fingerprint density at radius 1 is 1.04 bits per heavy atom. The number of rotatable bonds is 8. The van der Waals surface area contributed by atoms with E-state index in [2.05, 4.69) is 7.05 Å². The number of nitro benzene ring substituents is 1. The monoisotopic (exact) mass is 331 g/mol. The lowest BCUT2D eigenvalue weighted by Gasteiger charge is -2.15. The van der Waals surface area contributed by atoms with Crippen molar-refractivity contribution in [1.29, 1.82) is 0 Å². The van der Waals surface area contributed by atoms with Crippen molar-refractivity contribution in [2.24, 2.45) is 0 Å².